The lowest BCUT2D eigenvalue weighted by atomic mass is 10.2. The van der Waals surface area contributed by atoms with Gasteiger partial charge in [-0.2, -0.15) is 0 Å². The van der Waals surface area contributed by atoms with Crippen molar-refractivity contribution in [2.45, 2.75) is 26.4 Å². The normalized spacial score (nSPS) is 11.0. The summed E-state index contributed by atoms with van der Waals surface area (Å²) < 4.78 is 8.01. The molecular weight excluding hydrogens is 445 g/mol. The number of halogens is 2. The van der Waals surface area contributed by atoms with E-state index >= 15 is 0 Å². The molecule has 0 unspecified atom stereocenters. The van der Waals surface area contributed by atoms with Crippen LogP contribution in [0.1, 0.15) is 28.2 Å². The second-order valence-electron chi connectivity index (χ2n) is 7.47. The SMILES string of the molecule is Cc1cc(OCCCn2c(CNC(=O)c3cccc(Cl)c3)nc3ccccc32)ccc1Cl. The Labute approximate surface area is 196 Å². The fourth-order valence-electron chi connectivity index (χ4n) is 3.52. The van der Waals surface area contributed by atoms with E-state index in [1.54, 1.807) is 24.3 Å². The van der Waals surface area contributed by atoms with Crippen LogP contribution in [0.3, 0.4) is 0 Å². The molecule has 3 aromatic carbocycles. The van der Waals surface area contributed by atoms with Crippen molar-refractivity contribution in [3.63, 3.8) is 0 Å². The molecule has 0 aliphatic carbocycles. The van der Waals surface area contributed by atoms with Gasteiger partial charge in [0.05, 0.1) is 24.2 Å². The van der Waals surface area contributed by atoms with E-state index in [4.69, 9.17) is 32.9 Å². The van der Waals surface area contributed by atoms with Gasteiger partial charge in [-0.15, -0.1) is 0 Å². The number of hydrogen-bond donors (Lipinski definition) is 1. The molecule has 164 valence electrons. The van der Waals surface area contributed by atoms with Gasteiger partial charge in [0.25, 0.3) is 5.91 Å². The Balaban J connectivity index is 1.43. The molecule has 1 amide bonds. The number of nitrogens with one attached hydrogen (secondary N) is 1. The predicted octanol–water partition coefficient (Wildman–Crippen LogP) is 6.05. The minimum Gasteiger partial charge on any atom is -0.494 e. The topological polar surface area (TPSA) is 56.1 Å². The number of carbonyl (C=O) groups is 1. The van der Waals surface area contributed by atoms with Crippen molar-refractivity contribution < 1.29 is 9.53 Å². The van der Waals surface area contributed by atoms with Crippen LogP contribution < -0.4 is 10.1 Å². The van der Waals surface area contributed by atoms with Crippen molar-refractivity contribution in [2.75, 3.05) is 6.61 Å². The highest BCUT2D eigenvalue weighted by Crippen LogP contribution is 2.22. The Kier molecular flexibility index (Phi) is 6.98. The molecule has 0 radical (unpaired) electrons. The first-order valence-electron chi connectivity index (χ1n) is 10.4. The summed E-state index contributed by atoms with van der Waals surface area (Å²) in [5.41, 5.74) is 3.44. The van der Waals surface area contributed by atoms with Gasteiger partial charge in [-0.05, 0) is 67.4 Å². The fourth-order valence-corrected chi connectivity index (χ4v) is 3.83. The summed E-state index contributed by atoms with van der Waals surface area (Å²) in [6.45, 7) is 3.55. The highest BCUT2D eigenvalue weighted by molar-refractivity contribution is 6.31. The summed E-state index contributed by atoms with van der Waals surface area (Å²) in [6.07, 6.45) is 0.789. The molecule has 0 fully saturated rings. The molecule has 0 atom stereocenters. The first-order valence-corrected chi connectivity index (χ1v) is 11.1. The van der Waals surface area contributed by atoms with Gasteiger partial charge in [-0.3, -0.25) is 4.79 Å². The zero-order chi connectivity index (χ0) is 22.5. The number of carbonyl (C=O) groups excluding carboxylic acids is 1. The molecule has 32 heavy (non-hydrogen) atoms. The van der Waals surface area contributed by atoms with Gasteiger partial charge in [-0.25, -0.2) is 4.98 Å². The third-order valence-electron chi connectivity index (χ3n) is 5.15. The molecule has 0 aliphatic heterocycles. The lowest BCUT2D eigenvalue weighted by molar-refractivity contribution is 0.0949. The van der Waals surface area contributed by atoms with E-state index in [1.165, 1.54) is 0 Å². The number of ether oxygens (including phenoxy) is 1. The van der Waals surface area contributed by atoms with E-state index in [0.29, 0.717) is 23.7 Å². The number of nitrogens with zero attached hydrogens (tertiary/aromatic N) is 2. The van der Waals surface area contributed by atoms with Crippen LogP contribution in [-0.2, 0) is 13.1 Å². The molecule has 0 saturated heterocycles. The highest BCUT2D eigenvalue weighted by atomic mass is 35.5. The van der Waals surface area contributed by atoms with E-state index in [9.17, 15) is 4.79 Å². The number of amides is 1. The molecule has 0 saturated carbocycles. The number of aromatic nitrogens is 2. The van der Waals surface area contributed by atoms with Gasteiger partial charge in [0.15, 0.2) is 0 Å². The van der Waals surface area contributed by atoms with Crippen LogP contribution in [0.25, 0.3) is 11.0 Å². The van der Waals surface area contributed by atoms with Gasteiger partial charge >= 0.3 is 0 Å². The lowest BCUT2D eigenvalue weighted by Gasteiger charge is -2.12. The Hall–Kier alpha value is -3.02. The van der Waals surface area contributed by atoms with Crippen LogP contribution in [0, 0.1) is 6.92 Å². The van der Waals surface area contributed by atoms with Crippen LogP contribution >= 0.6 is 23.2 Å². The van der Waals surface area contributed by atoms with Crippen molar-refractivity contribution in [3.8, 4) is 5.75 Å². The zero-order valence-electron chi connectivity index (χ0n) is 17.6. The van der Waals surface area contributed by atoms with Crippen LogP contribution in [0.2, 0.25) is 10.0 Å². The Morgan fingerprint density at radius 3 is 2.72 bits per heavy atom. The van der Waals surface area contributed by atoms with Crippen LogP contribution in [0.15, 0.2) is 66.7 Å². The maximum absolute atomic E-state index is 12.5. The van der Waals surface area contributed by atoms with Crippen molar-refractivity contribution in [3.05, 3.63) is 93.7 Å². The molecule has 1 aromatic heterocycles. The number of aryl methyl sites for hydroxylation is 2. The van der Waals surface area contributed by atoms with Gasteiger partial charge in [0, 0.05) is 22.2 Å². The van der Waals surface area contributed by atoms with Crippen molar-refractivity contribution in [1.82, 2.24) is 14.9 Å². The summed E-state index contributed by atoms with van der Waals surface area (Å²) in [6, 6.07) is 20.5. The summed E-state index contributed by atoms with van der Waals surface area (Å²) >= 11 is 12.1. The first kappa shape index (κ1) is 22.2. The smallest absolute Gasteiger partial charge is 0.251 e. The highest BCUT2D eigenvalue weighted by Gasteiger charge is 2.13. The fraction of sp³-hybridized carbons (Fsp3) is 0.200. The molecule has 0 spiro atoms. The third-order valence-corrected chi connectivity index (χ3v) is 5.81. The zero-order valence-corrected chi connectivity index (χ0v) is 19.2. The second-order valence-corrected chi connectivity index (χ2v) is 8.32. The molecule has 5 nitrogen and oxygen atoms in total. The molecule has 4 rings (SSSR count). The number of fused-ring (bicyclic) bond motifs is 1. The molecule has 7 heteroatoms. The Bertz CT molecular complexity index is 1250. The maximum atomic E-state index is 12.5. The Morgan fingerprint density at radius 1 is 1.06 bits per heavy atom. The van der Waals surface area contributed by atoms with Crippen LogP contribution in [0.5, 0.6) is 5.75 Å². The summed E-state index contributed by atoms with van der Waals surface area (Å²) in [5.74, 6) is 1.41. The molecule has 0 aliphatic rings. The molecule has 1 N–H and O–H groups in total. The largest absolute Gasteiger partial charge is 0.494 e. The number of rotatable bonds is 8. The second kappa shape index (κ2) is 10.1. The first-order chi connectivity index (χ1) is 15.5. The van der Waals surface area contributed by atoms with E-state index in [0.717, 1.165) is 46.2 Å². The minimum absolute atomic E-state index is 0.187. The number of imidazole rings is 1. The maximum Gasteiger partial charge on any atom is 0.251 e. The Morgan fingerprint density at radius 2 is 1.91 bits per heavy atom. The van der Waals surface area contributed by atoms with Gasteiger partial charge in [-0.1, -0.05) is 41.4 Å². The summed E-state index contributed by atoms with van der Waals surface area (Å²) in [4.78, 5) is 17.2. The third kappa shape index (κ3) is 5.23. The summed E-state index contributed by atoms with van der Waals surface area (Å²) in [5, 5.41) is 4.20. The van der Waals surface area contributed by atoms with E-state index in [1.807, 2.05) is 49.4 Å². The van der Waals surface area contributed by atoms with Crippen molar-refractivity contribution >= 4 is 40.1 Å². The predicted molar refractivity (Wildman–Crippen MR) is 129 cm³/mol. The standard InChI is InChI=1S/C25H23Cl2N3O2/c1-17-14-20(10-11-21(17)27)32-13-5-12-30-23-9-3-2-8-22(23)29-24(30)16-28-25(31)18-6-4-7-19(26)15-18/h2-4,6-11,14-15H,5,12-13,16H2,1H3,(H,28,31). The number of benzene rings is 3. The average Bonchev–Trinajstić information content (AvgIpc) is 3.15. The molecular formula is C25H23Cl2N3O2. The molecule has 0 bridgehead atoms. The minimum atomic E-state index is -0.187. The van der Waals surface area contributed by atoms with E-state index < -0.39 is 0 Å². The van der Waals surface area contributed by atoms with E-state index in [2.05, 4.69) is 9.88 Å². The van der Waals surface area contributed by atoms with Crippen molar-refractivity contribution in [1.29, 1.82) is 0 Å². The summed E-state index contributed by atoms with van der Waals surface area (Å²) in [7, 11) is 0. The lowest BCUT2D eigenvalue weighted by Crippen LogP contribution is -2.25. The number of para-hydroxylation sites is 2. The monoisotopic (exact) mass is 467 g/mol. The van der Waals surface area contributed by atoms with E-state index in [-0.39, 0.29) is 5.91 Å². The van der Waals surface area contributed by atoms with Crippen molar-refractivity contribution in [2.24, 2.45) is 0 Å². The molecule has 4 aromatic rings. The van der Waals surface area contributed by atoms with Crippen LogP contribution in [-0.4, -0.2) is 22.1 Å². The van der Waals surface area contributed by atoms with Gasteiger partial charge in [0.1, 0.15) is 11.6 Å². The molecule has 1 heterocycles. The van der Waals surface area contributed by atoms with Gasteiger partial charge < -0.3 is 14.6 Å². The average molecular weight is 468 g/mol. The van der Waals surface area contributed by atoms with Gasteiger partial charge in [0.2, 0.25) is 0 Å². The number of hydrogen-bond acceptors (Lipinski definition) is 3. The quantitative estimate of drug-likeness (QED) is 0.320. The van der Waals surface area contributed by atoms with Crippen LogP contribution in [0.4, 0.5) is 0 Å².